The quantitative estimate of drug-likeness (QED) is 0.639. The summed E-state index contributed by atoms with van der Waals surface area (Å²) in [6.07, 6.45) is -2.59. The molecule has 11 heavy (non-hydrogen) atoms. The first-order valence-corrected chi connectivity index (χ1v) is 3.39. The van der Waals surface area contributed by atoms with E-state index in [1.165, 1.54) is 4.90 Å². The van der Waals surface area contributed by atoms with Gasteiger partial charge in [0.15, 0.2) is 0 Å². The van der Waals surface area contributed by atoms with Crippen LogP contribution in [0.25, 0.3) is 0 Å². The molecule has 0 bridgehead atoms. The van der Waals surface area contributed by atoms with Crippen molar-refractivity contribution in [1.29, 1.82) is 0 Å². The molecule has 0 saturated carbocycles. The molecule has 5 heteroatoms. The lowest BCUT2D eigenvalue weighted by Crippen LogP contribution is -2.28. The molecular formula is C6H10F2N2O. The zero-order valence-electron chi connectivity index (χ0n) is 6.18. The summed E-state index contributed by atoms with van der Waals surface area (Å²) >= 11 is 0. The van der Waals surface area contributed by atoms with Crippen molar-refractivity contribution in [2.45, 2.75) is 18.9 Å². The number of halogens is 2. The van der Waals surface area contributed by atoms with Crippen molar-refractivity contribution in [3.8, 4) is 0 Å². The van der Waals surface area contributed by atoms with Crippen LogP contribution in [0.2, 0.25) is 0 Å². The normalized spacial score (nSPS) is 24.5. The molecule has 1 unspecified atom stereocenters. The maximum Gasteiger partial charge on any atom is 0.317 e. The molecule has 0 aromatic rings. The largest absolute Gasteiger partial charge is 0.333 e. The lowest BCUT2D eigenvalue weighted by atomic mass is 10.2. The molecule has 3 nitrogen and oxygen atoms in total. The summed E-state index contributed by atoms with van der Waals surface area (Å²) in [5, 5.41) is 2.44. The third kappa shape index (κ3) is 2.03. The van der Waals surface area contributed by atoms with Crippen LogP contribution in [0.1, 0.15) is 6.42 Å². The molecule has 64 valence electrons. The SMILES string of the molecule is CN1CC(CC(F)F)NC1=O. The molecule has 1 aliphatic rings. The molecule has 1 fully saturated rings. The van der Waals surface area contributed by atoms with Gasteiger partial charge < -0.3 is 10.2 Å². The number of urea groups is 1. The molecule has 0 spiro atoms. The van der Waals surface area contributed by atoms with Gasteiger partial charge in [0.2, 0.25) is 6.43 Å². The van der Waals surface area contributed by atoms with Gasteiger partial charge in [0.05, 0.1) is 6.04 Å². The Morgan fingerprint density at radius 3 is 2.82 bits per heavy atom. The van der Waals surface area contributed by atoms with Crippen LogP contribution in [0.15, 0.2) is 0 Å². The highest BCUT2D eigenvalue weighted by molar-refractivity contribution is 5.76. The smallest absolute Gasteiger partial charge is 0.317 e. The van der Waals surface area contributed by atoms with E-state index in [1.54, 1.807) is 7.05 Å². The van der Waals surface area contributed by atoms with Crippen LogP contribution in [0, 0.1) is 0 Å². The van der Waals surface area contributed by atoms with Crippen LogP contribution in [-0.4, -0.2) is 37.0 Å². The summed E-state index contributed by atoms with van der Waals surface area (Å²) in [5.41, 5.74) is 0. The molecule has 2 amide bonds. The summed E-state index contributed by atoms with van der Waals surface area (Å²) in [5.74, 6) is 0. The minimum absolute atomic E-state index is 0.254. The van der Waals surface area contributed by atoms with Crippen molar-refractivity contribution in [2.75, 3.05) is 13.6 Å². The Hall–Kier alpha value is -0.870. The summed E-state index contributed by atoms with van der Waals surface area (Å²) in [4.78, 5) is 12.1. The predicted octanol–water partition coefficient (Wildman–Crippen LogP) is 0.665. The fraction of sp³-hybridized carbons (Fsp3) is 0.833. The van der Waals surface area contributed by atoms with Crippen molar-refractivity contribution in [3.63, 3.8) is 0 Å². The summed E-state index contributed by atoms with van der Waals surface area (Å²) < 4.78 is 23.5. The number of amides is 2. The highest BCUT2D eigenvalue weighted by Gasteiger charge is 2.27. The Kier molecular flexibility index (Phi) is 2.26. The third-order valence-electron chi connectivity index (χ3n) is 1.63. The minimum Gasteiger partial charge on any atom is -0.333 e. The van der Waals surface area contributed by atoms with Crippen LogP contribution in [0.4, 0.5) is 13.6 Å². The van der Waals surface area contributed by atoms with Gasteiger partial charge >= 0.3 is 6.03 Å². The second kappa shape index (κ2) is 3.02. The van der Waals surface area contributed by atoms with Gasteiger partial charge in [0.1, 0.15) is 0 Å². The van der Waals surface area contributed by atoms with E-state index in [-0.39, 0.29) is 18.5 Å². The van der Waals surface area contributed by atoms with Gasteiger partial charge in [-0.2, -0.15) is 0 Å². The zero-order valence-corrected chi connectivity index (χ0v) is 6.18. The Balaban J connectivity index is 2.35. The lowest BCUT2D eigenvalue weighted by Gasteiger charge is -2.07. The van der Waals surface area contributed by atoms with Gasteiger partial charge in [-0.25, -0.2) is 13.6 Å². The van der Waals surface area contributed by atoms with Gasteiger partial charge in [-0.05, 0) is 0 Å². The van der Waals surface area contributed by atoms with Crippen molar-refractivity contribution < 1.29 is 13.6 Å². The molecule has 0 aromatic heterocycles. The number of rotatable bonds is 2. The number of carbonyl (C=O) groups excluding carboxylic acids is 1. The topological polar surface area (TPSA) is 32.3 Å². The Morgan fingerprint density at radius 2 is 2.45 bits per heavy atom. The number of nitrogens with zero attached hydrogens (tertiary/aromatic N) is 1. The molecule has 1 saturated heterocycles. The van der Waals surface area contributed by atoms with Crippen LogP contribution >= 0.6 is 0 Å². The predicted molar refractivity (Wildman–Crippen MR) is 35.6 cm³/mol. The minimum atomic E-state index is -2.34. The average molecular weight is 164 g/mol. The monoisotopic (exact) mass is 164 g/mol. The Labute approximate surface area is 63.4 Å². The maximum atomic E-state index is 11.8. The highest BCUT2D eigenvalue weighted by Crippen LogP contribution is 2.09. The van der Waals surface area contributed by atoms with Gasteiger partial charge in [-0.1, -0.05) is 0 Å². The molecule has 1 rings (SSSR count). The van der Waals surface area contributed by atoms with E-state index in [9.17, 15) is 13.6 Å². The molecule has 0 aromatic carbocycles. The van der Waals surface area contributed by atoms with Crippen molar-refractivity contribution in [1.82, 2.24) is 10.2 Å². The number of alkyl halides is 2. The summed E-state index contributed by atoms with van der Waals surface area (Å²) in [7, 11) is 1.58. The second-order valence-electron chi connectivity index (χ2n) is 2.65. The zero-order chi connectivity index (χ0) is 8.43. The van der Waals surface area contributed by atoms with E-state index in [4.69, 9.17) is 0 Å². The first kappa shape index (κ1) is 8.23. The van der Waals surface area contributed by atoms with Gasteiger partial charge in [0.25, 0.3) is 0 Å². The fourth-order valence-corrected chi connectivity index (χ4v) is 1.09. The first-order chi connectivity index (χ1) is 5.09. The maximum absolute atomic E-state index is 11.8. The molecule has 1 heterocycles. The van der Waals surface area contributed by atoms with Gasteiger partial charge in [-0.3, -0.25) is 0 Å². The average Bonchev–Trinajstić information content (AvgIpc) is 2.10. The van der Waals surface area contributed by atoms with Gasteiger partial charge in [0, 0.05) is 20.0 Å². The van der Waals surface area contributed by atoms with E-state index in [0.29, 0.717) is 6.54 Å². The molecule has 1 atom stereocenters. The van der Waals surface area contributed by atoms with E-state index < -0.39 is 6.43 Å². The molecule has 1 N–H and O–H groups in total. The van der Waals surface area contributed by atoms with Crippen molar-refractivity contribution >= 4 is 6.03 Å². The number of likely N-dealkylation sites (N-methyl/N-ethyl adjacent to an activating group) is 1. The van der Waals surface area contributed by atoms with E-state index >= 15 is 0 Å². The second-order valence-corrected chi connectivity index (χ2v) is 2.65. The van der Waals surface area contributed by atoms with Crippen LogP contribution in [0.5, 0.6) is 0 Å². The molecule has 1 aliphatic heterocycles. The van der Waals surface area contributed by atoms with Crippen LogP contribution < -0.4 is 5.32 Å². The van der Waals surface area contributed by atoms with Crippen molar-refractivity contribution in [3.05, 3.63) is 0 Å². The lowest BCUT2D eigenvalue weighted by molar-refractivity contribution is 0.126. The highest BCUT2D eigenvalue weighted by atomic mass is 19.3. The Bertz CT molecular complexity index is 163. The summed E-state index contributed by atoms with van der Waals surface area (Å²) in [6, 6.07) is -0.650. The van der Waals surface area contributed by atoms with Crippen LogP contribution in [-0.2, 0) is 0 Å². The molecule has 0 radical (unpaired) electrons. The number of hydrogen-bond acceptors (Lipinski definition) is 1. The summed E-state index contributed by atoms with van der Waals surface area (Å²) in [6.45, 7) is 0.378. The van der Waals surface area contributed by atoms with E-state index in [2.05, 4.69) is 5.32 Å². The molecular weight excluding hydrogens is 154 g/mol. The van der Waals surface area contributed by atoms with Crippen molar-refractivity contribution in [2.24, 2.45) is 0 Å². The third-order valence-corrected chi connectivity index (χ3v) is 1.63. The first-order valence-electron chi connectivity index (χ1n) is 3.39. The van der Waals surface area contributed by atoms with E-state index in [0.717, 1.165) is 0 Å². The molecule has 0 aliphatic carbocycles. The number of nitrogens with one attached hydrogen (secondary N) is 1. The van der Waals surface area contributed by atoms with Gasteiger partial charge in [-0.15, -0.1) is 0 Å². The van der Waals surface area contributed by atoms with E-state index in [1.807, 2.05) is 0 Å². The standard InChI is InChI=1S/C6H10F2N2O/c1-10-3-4(2-5(7)8)9-6(10)11/h4-5H,2-3H2,1H3,(H,9,11). The number of carbonyl (C=O) groups is 1. The van der Waals surface area contributed by atoms with Crippen LogP contribution in [0.3, 0.4) is 0 Å². The Morgan fingerprint density at radius 1 is 1.82 bits per heavy atom. The fourth-order valence-electron chi connectivity index (χ4n) is 1.09. The number of hydrogen-bond donors (Lipinski definition) is 1.